The lowest BCUT2D eigenvalue weighted by Gasteiger charge is -2.12. The summed E-state index contributed by atoms with van der Waals surface area (Å²) in [6.45, 7) is 2.29. The molecule has 34 heavy (non-hydrogen) atoms. The lowest BCUT2D eigenvalue weighted by molar-refractivity contribution is 0.590. The van der Waals surface area contributed by atoms with Crippen LogP contribution in [-0.4, -0.2) is 29.5 Å². The minimum atomic E-state index is -0.134. The smallest absolute Gasteiger partial charge is 0.250 e. The molecular formula is C25H20N8O. The molecule has 0 radical (unpaired) electrons. The monoisotopic (exact) mass is 448 g/mol. The summed E-state index contributed by atoms with van der Waals surface area (Å²) >= 11 is 0. The van der Waals surface area contributed by atoms with Crippen molar-refractivity contribution < 1.29 is 0 Å². The predicted octanol–water partition coefficient (Wildman–Crippen LogP) is 3.06. The summed E-state index contributed by atoms with van der Waals surface area (Å²) in [5.41, 5.74) is 12.1. The van der Waals surface area contributed by atoms with Gasteiger partial charge in [-0.2, -0.15) is 15.2 Å². The second-order valence-electron chi connectivity index (χ2n) is 7.98. The fraction of sp³-hybridized carbons (Fsp3) is 0.120. The van der Waals surface area contributed by atoms with Crippen molar-refractivity contribution >= 4 is 16.9 Å². The minimum Gasteiger partial charge on any atom is -0.382 e. The van der Waals surface area contributed by atoms with E-state index in [2.05, 4.69) is 21.1 Å². The number of benzene rings is 1. The number of aromatic nitrogens is 6. The second kappa shape index (κ2) is 8.26. The molecule has 5 aromatic rings. The van der Waals surface area contributed by atoms with E-state index in [4.69, 9.17) is 10.8 Å². The fourth-order valence-electron chi connectivity index (χ4n) is 3.89. The van der Waals surface area contributed by atoms with E-state index in [1.54, 1.807) is 42.3 Å². The van der Waals surface area contributed by atoms with Crippen LogP contribution in [0.1, 0.15) is 17.0 Å². The summed E-state index contributed by atoms with van der Waals surface area (Å²) in [5, 5.41) is 18.7. The molecule has 2 N–H and O–H groups in total. The molecule has 0 unspecified atom stereocenters. The number of nitrogens with two attached hydrogens (primary N) is 1. The first-order chi connectivity index (χ1) is 16.4. The maximum Gasteiger partial charge on any atom is 0.250 e. The Labute approximate surface area is 194 Å². The maximum absolute atomic E-state index is 12.0. The van der Waals surface area contributed by atoms with Crippen LogP contribution >= 0.6 is 0 Å². The van der Waals surface area contributed by atoms with Crippen molar-refractivity contribution in [1.29, 1.82) is 5.26 Å². The number of pyridine rings is 3. The third kappa shape index (κ3) is 3.78. The van der Waals surface area contributed by atoms with Crippen LogP contribution in [0.4, 0.5) is 5.82 Å². The van der Waals surface area contributed by atoms with Crippen molar-refractivity contribution in [2.75, 3.05) is 5.73 Å². The number of hydrogen-bond donors (Lipinski definition) is 1. The zero-order chi connectivity index (χ0) is 23.8. The summed E-state index contributed by atoms with van der Waals surface area (Å²) in [6, 6.07) is 18.3. The highest BCUT2D eigenvalue weighted by atomic mass is 16.1. The van der Waals surface area contributed by atoms with Gasteiger partial charge in [0.25, 0.3) is 0 Å². The minimum absolute atomic E-state index is 0.134. The molecule has 0 aliphatic heterocycles. The Kier molecular flexibility index (Phi) is 5.11. The van der Waals surface area contributed by atoms with Crippen LogP contribution in [0.15, 0.2) is 65.6 Å². The van der Waals surface area contributed by atoms with Gasteiger partial charge in [-0.3, -0.25) is 9.78 Å². The van der Waals surface area contributed by atoms with Crippen molar-refractivity contribution in [2.24, 2.45) is 7.05 Å². The standard InChI is InChI=1S/C25H20N8O/c1-15-5-3-8-19(28-15)14-33-30-23-21(18-9-10-20(34)32(2)13-18)22(29-25(27)24(23)31-33)17-7-4-6-16(11-17)12-26/h3-11,13H,14H2,1-2H3,(H2,27,29). The van der Waals surface area contributed by atoms with Crippen molar-refractivity contribution in [2.45, 2.75) is 13.5 Å². The Morgan fingerprint density at radius 1 is 1.00 bits per heavy atom. The Morgan fingerprint density at radius 3 is 2.56 bits per heavy atom. The van der Waals surface area contributed by atoms with Gasteiger partial charge >= 0.3 is 0 Å². The summed E-state index contributed by atoms with van der Waals surface area (Å²) in [7, 11) is 1.68. The van der Waals surface area contributed by atoms with Crippen LogP contribution in [0.5, 0.6) is 0 Å². The Hall–Kier alpha value is -4.84. The number of nitrogen functional groups attached to an aromatic ring is 1. The zero-order valence-electron chi connectivity index (χ0n) is 18.6. The number of aryl methyl sites for hydroxylation is 2. The first-order valence-electron chi connectivity index (χ1n) is 10.6. The van der Waals surface area contributed by atoms with Gasteiger partial charge in [0.15, 0.2) is 11.3 Å². The van der Waals surface area contributed by atoms with Gasteiger partial charge in [0.1, 0.15) is 12.1 Å². The number of rotatable bonds is 4. The van der Waals surface area contributed by atoms with Gasteiger partial charge in [0.2, 0.25) is 5.56 Å². The number of nitrogens with zero attached hydrogens (tertiary/aromatic N) is 7. The molecule has 166 valence electrons. The molecular weight excluding hydrogens is 428 g/mol. The maximum atomic E-state index is 12.0. The molecule has 0 aliphatic rings. The van der Waals surface area contributed by atoms with Crippen molar-refractivity contribution in [1.82, 2.24) is 29.5 Å². The van der Waals surface area contributed by atoms with Crippen LogP contribution in [0.3, 0.4) is 0 Å². The molecule has 5 rings (SSSR count). The van der Waals surface area contributed by atoms with Gasteiger partial charge in [-0.1, -0.05) is 18.2 Å². The van der Waals surface area contributed by atoms with Crippen molar-refractivity contribution in [3.8, 4) is 28.5 Å². The number of nitriles is 1. The molecule has 0 amide bonds. The van der Waals surface area contributed by atoms with Crippen LogP contribution in [0.2, 0.25) is 0 Å². The Bertz CT molecular complexity index is 1660. The number of fused-ring (bicyclic) bond motifs is 1. The lowest BCUT2D eigenvalue weighted by Crippen LogP contribution is -2.14. The van der Waals surface area contributed by atoms with E-state index in [-0.39, 0.29) is 11.4 Å². The molecule has 0 spiro atoms. The Balaban J connectivity index is 1.78. The summed E-state index contributed by atoms with van der Waals surface area (Å²) < 4.78 is 1.49. The summed E-state index contributed by atoms with van der Waals surface area (Å²) in [5.74, 6) is 0.226. The molecule has 0 atom stereocenters. The van der Waals surface area contributed by atoms with E-state index in [1.807, 2.05) is 31.2 Å². The van der Waals surface area contributed by atoms with Crippen LogP contribution in [-0.2, 0) is 13.6 Å². The molecule has 0 saturated carbocycles. The average Bonchev–Trinajstić information content (AvgIpc) is 3.25. The molecule has 4 aromatic heterocycles. The summed E-state index contributed by atoms with van der Waals surface area (Å²) in [4.78, 5) is 22.8. The van der Waals surface area contributed by atoms with Gasteiger partial charge in [-0.25, -0.2) is 4.98 Å². The topological polar surface area (TPSA) is 128 Å². The van der Waals surface area contributed by atoms with Gasteiger partial charge in [0, 0.05) is 41.7 Å². The van der Waals surface area contributed by atoms with Gasteiger partial charge in [-0.05, 0) is 37.3 Å². The van der Waals surface area contributed by atoms with E-state index >= 15 is 0 Å². The van der Waals surface area contributed by atoms with Gasteiger partial charge in [-0.15, -0.1) is 5.10 Å². The predicted molar refractivity (Wildman–Crippen MR) is 129 cm³/mol. The van der Waals surface area contributed by atoms with Gasteiger partial charge < -0.3 is 10.3 Å². The highest BCUT2D eigenvalue weighted by Gasteiger charge is 2.21. The third-order valence-corrected chi connectivity index (χ3v) is 5.49. The highest BCUT2D eigenvalue weighted by Crippen LogP contribution is 2.37. The molecule has 0 saturated heterocycles. The molecule has 0 bridgehead atoms. The highest BCUT2D eigenvalue weighted by molar-refractivity contribution is 6.02. The summed E-state index contributed by atoms with van der Waals surface area (Å²) in [6.07, 6.45) is 1.73. The van der Waals surface area contributed by atoms with E-state index in [1.165, 1.54) is 10.6 Å². The second-order valence-corrected chi connectivity index (χ2v) is 7.98. The van der Waals surface area contributed by atoms with Crippen LogP contribution in [0, 0.1) is 18.3 Å². The van der Waals surface area contributed by atoms with Crippen molar-refractivity contribution in [3.05, 3.63) is 88.1 Å². The molecule has 0 fully saturated rings. The molecule has 9 heteroatoms. The Morgan fingerprint density at radius 2 is 1.79 bits per heavy atom. The quantitative estimate of drug-likeness (QED) is 0.447. The van der Waals surface area contributed by atoms with E-state index in [0.29, 0.717) is 40.0 Å². The van der Waals surface area contributed by atoms with E-state index in [9.17, 15) is 10.1 Å². The third-order valence-electron chi connectivity index (χ3n) is 5.49. The fourth-order valence-corrected chi connectivity index (χ4v) is 3.89. The molecule has 9 nitrogen and oxygen atoms in total. The number of hydrogen-bond acceptors (Lipinski definition) is 7. The first-order valence-corrected chi connectivity index (χ1v) is 10.6. The lowest BCUT2D eigenvalue weighted by atomic mass is 9.98. The van der Waals surface area contributed by atoms with Crippen molar-refractivity contribution in [3.63, 3.8) is 0 Å². The first kappa shape index (κ1) is 21.0. The largest absolute Gasteiger partial charge is 0.382 e. The molecule has 0 aliphatic carbocycles. The molecule has 1 aromatic carbocycles. The average molecular weight is 448 g/mol. The SMILES string of the molecule is Cc1cccc(Cn2nc3c(N)nc(-c4cccc(C#N)c4)c(-c4ccc(=O)n(C)c4)c3n2)n1. The van der Waals surface area contributed by atoms with Gasteiger partial charge in [0.05, 0.1) is 23.0 Å². The normalized spacial score (nSPS) is 11.0. The molecule has 4 heterocycles. The van der Waals surface area contributed by atoms with E-state index < -0.39 is 0 Å². The number of anilines is 1. The van der Waals surface area contributed by atoms with Crippen LogP contribution < -0.4 is 11.3 Å². The van der Waals surface area contributed by atoms with Crippen LogP contribution in [0.25, 0.3) is 33.4 Å². The zero-order valence-corrected chi connectivity index (χ0v) is 18.6. The van der Waals surface area contributed by atoms with E-state index in [0.717, 1.165) is 17.0 Å².